The Labute approximate surface area is 131 Å². The zero-order valence-corrected chi connectivity index (χ0v) is 13.7. The van der Waals surface area contributed by atoms with E-state index in [1.54, 1.807) is 18.4 Å². The number of nitrogens with zero attached hydrogens (tertiary/aromatic N) is 3. The lowest BCUT2D eigenvalue weighted by Gasteiger charge is -2.36. The second-order valence-corrected chi connectivity index (χ2v) is 6.28. The van der Waals surface area contributed by atoms with E-state index in [4.69, 9.17) is 4.74 Å². The zero-order chi connectivity index (χ0) is 13.9. The Bertz CT molecular complexity index is 581. The normalized spacial score (nSPS) is 15.5. The number of hydrogen-bond acceptors (Lipinski definition) is 5. The van der Waals surface area contributed by atoms with Gasteiger partial charge in [-0.1, -0.05) is 6.07 Å². The van der Waals surface area contributed by atoms with Crippen molar-refractivity contribution in [2.24, 2.45) is 0 Å². The molecule has 0 saturated carbocycles. The first-order chi connectivity index (χ1) is 9.76. The molecule has 6 heteroatoms. The van der Waals surface area contributed by atoms with E-state index in [0.29, 0.717) is 0 Å². The van der Waals surface area contributed by atoms with Crippen LogP contribution >= 0.6 is 27.3 Å². The van der Waals surface area contributed by atoms with Crippen LogP contribution in [0.2, 0.25) is 0 Å². The highest BCUT2D eigenvalue weighted by Gasteiger charge is 2.19. The Balaban J connectivity index is 1.66. The molecule has 0 unspecified atom stereocenters. The summed E-state index contributed by atoms with van der Waals surface area (Å²) in [5.74, 6) is 0.911. The number of rotatable bonds is 3. The molecule has 106 valence electrons. The molecule has 2 aromatic rings. The van der Waals surface area contributed by atoms with Gasteiger partial charge in [-0.15, -0.1) is 11.3 Å². The Morgan fingerprint density at radius 2 is 1.95 bits per heavy atom. The van der Waals surface area contributed by atoms with E-state index < -0.39 is 0 Å². The molecule has 0 N–H and O–H groups in total. The monoisotopic (exact) mass is 353 g/mol. The van der Waals surface area contributed by atoms with Crippen LogP contribution in [-0.4, -0.2) is 38.3 Å². The van der Waals surface area contributed by atoms with Gasteiger partial charge in [-0.05, 0) is 28.1 Å². The van der Waals surface area contributed by atoms with Gasteiger partial charge in [-0.3, -0.25) is 0 Å². The lowest BCUT2D eigenvalue weighted by molar-refractivity contribution is 0.414. The Kier molecular flexibility index (Phi) is 4.12. The van der Waals surface area contributed by atoms with E-state index in [-0.39, 0.29) is 0 Å². The van der Waals surface area contributed by atoms with E-state index in [9.17, 15) is 0 Å². The molecule has 1 fully saturated rings. The molecule has 0 amide bonds. The van der Waals surface area contributed by atoms with Crippen molar-refractivity contribution < 1.29 is 4.74 Å². The Hall–Kier alpha value is -1.27. The second kappa shape index (κ2) is 6.01. The summed E-state index contributed by atoms with van der Waals surface area (Å²) < 4.78 is 6.21. The lowest BCUT2D eigenvalue weighted by Crippen LogP contribution is -2.46. The van der Waals surface area contributed by atoms with E-state index in [2.05, 4.69) is 42.8 Å². The summed E-state index contributed by atoms with van der Waals surface area (Å²) in [6.45, 7) is 4.00. The number of methoxy groups -OCH3 is 1. The first-order valence-corrected chi connectivity index (χ1v) is 8.18. The molecule has 0 bridgehead atoms. The van der Waals surface area contributed by atoms with Crippen molar-refractivity contribution in [2.45, 2.75) is 0 Å². The fraction of sp³-hybridized carbons (Fsp3) is 0.357. The fourth-order valence-corrected chi connectivity index (χ4v) is 3.66. The zero-order valence-electron chi connectivity index (χ0n) is 11.3. The molecule has 1 saturated heterocycles. The third-order valence-corrected chi connectivity index (χ3v) is 5.04. The molecule has 1 aromatic heterocycles. The average Bonchev–Trinajstić information content (AvgIpc) is 2.94. The largest absolute Gasteiger partial charge is 0.497 e. The van der Waals surface area contributed by atoms with Crippen molar-refractivity contribution >= 4 is 38.1 Å². The third kappa shape index (κ3) is 2.91. The van der Waals surface area contributed by atoms with Gasteiger partial charge in [0.15, 0.2) is 5.13 Å². The second-order valence-electron chi connectivity index (χ2n) is 4.63. The van der Waals surface area contributed by atoms with Gasteiger partial charge in [-0.2, -0.15) is 0 Å². The van der Waals surface area contributed by atoms with Gasteiger partial charge in [-0.25, -0.2) is 4.98 Å². The van der Waals surface area contributed by atoms with Crippen molar-refractivity contribution in [3.8, 4) is 5.75 Å². The highest BCUT2D eigenvalue weighted by molar-refractivity contribution is 9.10. The van der Waals surface area contributed by atoms with Gasteiger partial charge >= 0.3 is 0 Å². The molecule has 0 atom stereocenters. The van der Waals surface area contributed by atoms with Crippen LogP contribution in [0.15, 0.2) is 34.2 Å². The summed E-state index contributed by atoms with van der Waals surface area (Å²) in [6.07, 6.45) is 0. The number of hydrogen-bond donors (Lipinski definition) is 0. The molecule has 0 spiro atoms. The maximum atomic E-state index is 5.29. The third-order valence-electron chi connectivity index (χ3n) is 3.43. The maximum Gasteiger partial charge on any atom is 0.186 e. The number of thiazole rings is 1. The number of aromatic nitrogens is 1. The summed E-state index contributed by atoms with van der Waals surface area (Å²) in [7, 11) is 1.71. The smallest absolute Gasteiger partial charge is 0.186 e. The van der Waals surface area contributed by atoms with Crippen LogP contribution in [0.4, 0.5) is 10.8 Å². The van der Waals surface area contributed by atoms with Crippen molar-refractivity contribution in [3.05, 3.63) is 34.2 Å². The number of anilines is 2. The van der Waals surface area contributed by atoms with Crippen LogP contribution in [0.5, 0.6) is 5.75 Å². The number of halogens is 1. The van der Waals surface area contributed by atoms with Gasteiger partial charge < -0.3 is 14.5 Å². The first kappa shape index (κ1) is 13.7. The predicted molar refractivity (Wildman–Crippen MR) is 87.2 cm³/mol. The topological polar surface area (TPSA) is 28.6 Å². The lowest BCUT2D eigenvalue weighted by atomic mass is 10.2. The minimum atomic E-state index is 0.911. The van der Waals surface area contributed by atoms with Crippen LogP contribution in [0, 0.1) is 0 Å². The van der Waals surface area contributed by atoms with Gasteiger partial charge in [0.1, 0.15) is 10.4 Å². The highest BCUT2D eigenvalue weighted by atomic mass is 79.9. The standard InChI is InChI=1S/C14H16BrN3OS/c1-19-12-4-2-3-11(9-12)17-5-7-18(8-6-17)14-16-13(15)10-20-14/h2-4,9-10H,5-8H2,1H3. The maximum absolute atomic E-state index is 5.29. The molecule has 1 aromatic carbocycles. The van der Waals surface area contributed by atoms with Crippen molar-refractivity contribution in [1.82, 2.24) is 4.98 Å². The van der Waals surface area contributed by atoms with Crippen LogP contribution < -0.4 is 14.5 Å². The molecular weight excluding hydrogens is 338 g/mol. The molecule has 2 heterocycles. The van der Waals surface area contributed by atoms with Crippen molar-refractivity contribution in [3.63, 3.8) is 0 Å². The highest BCUT2D eigenvalue weighted by Crippen LogP contribution is 2.27. The van der Waals surface area contributed by atoms with Crippen LogP contribution in [0.25, 0.3) is 0 Å². The minimum absolute atomic E-state index is 0.911. The number of piperazine rings is 1. The van der Waals surface area contributed by atoms with Crippen LogP contribution in [-0.2, 0) is 0 Å². The summed E-state index contributed by atoms with van der Waals surface area (Å²) in [6, 6.07) is 8.25. The van der Waals surface area contributed by atoms with Crippen LogP contribution in [0.3, 0.4) is 0 Å². The molecule has 0 aliphatic carbocycles. The SMILES string of the molecule is COc1cccc(N2CCN(c3nc(Br)cs3)CC2)c1. The minimum Gasteiger partial charge on any atom is -0.497 e. The number of ether oxygens (including phenoxy) is 1. The Morgan fingerprint density at radius 1 is 1.20 bits per heavy atom. The molecule has 0 radical (unpaired) electrons. The van der Waals surface area contributed by atoms with Gasteiger partial charge in [0, 0.05) is 43.3 Å². The van der Waals surface area contributed by atoms with Gasteiger partial charge in [0.05, 0.1) is 7.11 Å². The summed E-state index contributed by atoms with van der Waals surface area (Å²) >= 11 is 5.10. The summed E-state index contributed by atoms with van der Waals surface area (Å²) in [5, 5.41) is 3.13. The quantitative estimate of drug-likeness (QED) is 0.846. The fourth-order valence-electron chi connectivity index (χ4n) is 2.35. The number of benzene rings is 1. The van der Waals surface area contributed by atoms with E-state index in [1.807, 2.05) is 17.5 Å². The van der Waals surface area contributed by atoms with Crippen molar-refractivity contribution in [1.29, 1.82) is 0 Å². The Morgan fingerprint density at radius 3 is 2.60 bits per heavy atom. The van der Waals surface area contributed by atoms with Crippen molar-refractivity contribution in [2.75, 3.05) is 43.1 Å². The van der Waals surface area contributed by atoms with E-state index in [0.717, 1.165) is 41.7 Å². The summed E-state index contributed by atoms with van der Waals surface area (Å²) in [5.41, 5.74) is 1.23. The predicted octanol–water partition coefficient (Wildman–Crippen LogP) is 3.24. The summed E-state index contributed by atoms with van der Waals surface area (Å²) in [4.78, 5) is 9.21. The molecule has 1 aliphatic rings. The average molecular weight is 354 g/mol. The van der Waals surface area contributed by atoms with Gasteiger partial charge in [0.2, 0.25) is 0 Å². The molecule has 3 rings (SSSR count). The van der Waals surface area contributed by atoms with Crippen LogP contribution in [0.1, 0.15) is 0 Å². The molecule has 1 aliphatic heterocycles. The van der Waals surface area contributed by atoms with E-state index in [1.165, 1.54) is 5.69 Å². The van der Waals surface area contributed by atoms with E-state index >= 15 is 0 Å². The van der Waals surface area contributed by atoms with Gasteiger partial charge in [0.25, 0.3) is 0 Å². The first-order valence-electron chi connectivity index (χ1n) is 6.51. The molecular formula is C14H16BrN3OS. The molecule has 4 nitrogen and oxygen atoms in total. The molecule has 20 heavy (non-hydrogen) atoms.